The van der Waals surface area contributed by atoms with E-state index in [-0.39, 0.29) is 56.8 Å². The maximum absolute atomic E-state index is 13.1. The third kappa shape index (κ3) is 6.11. The first-order valence-corrected chi connectivity index (χ1v) is 12.2. The molecule has 0 unspecified atom stereocenters. The van der Waals surface area contributed by atoms with Crippen molar-refractivity contribution in [2.24, 2.45) is 5.73 Å². The van der Waals surface area contributed by atoms with Gasteiger partial charge in [0.15, 0.2) is 5.76 Å². The molecule has 0 aliphatic heterocycles. The summed E-state index contributed by atoms with van der Waals surface area (Å²) in [6, 6.07) is 7.19. The van der Waals surface area contributed by atoms with Gasteiger partial charge in [0.2, 0.25) is 27.8 Å². The standard InChI is InChI=1S/C23H20ClN7O7S/c1-11(32)27-16-6-7-26-31(16)23-30-29-22(39-23)28-20(34)15-10-13(18(21(35)38-15)37-9-8-36-2)17-12(19(25)33)4-3-5-14(17)24/h3-7,10H,8-9H2,1-2H3,(H2,25,33)(H,27,32)(H,28,29,34). The van der Waals surface area contributed by atoms with Crippen LogP contribution in [0.3, 0.4) is 0 Å². The zero-order valence-electron chi connectivity index (χ0n) is 20.4. The van der Waals surface area contributed by atoms with E-state index in [2.05, 4.69) is 25.9 Å². The van der Waals surface area contributed by atoms with Gasteiger partial charge < -0.3 is 24.9 Å². The van der Waals surface area contributed by atoms with Gasteiger partial charge in [-0.3, -0.25) is 19.7 Å². The lowest BCUT2D eigenvalue weighted by Crippen LogP contribution is -2.19. The molecule has 0 saturated carbocycles. The fourth-order valence-electron chi connectivity index (χ4n) is 3.39. The lowest BCUT2D eigenvalue weighted by atomic mass is 9.98. The second kappa shape index (κ2) is 11.8. The molecule has 0 spiro atoms. The van der Waals surface area contributed by atoms with Crippen molar-refractivity contribution in [3.8, 4) is 22.0 Å². The highest BCUT2D eigenvalue weighted by molar-refractivity contribution is 7.17. The van der Waals surface area contributed by atoms with Crippen molar-refractivity contribution in [1.29, 1.82) is 0 Å². The Morgan fingerprint density at radius 3 is 2.69 bits per heavy atom. The highest BCUT2D eigenvalue weighted by Gasteiger charge is 2.25. The number of primary amides is 1. The van der Waals surface area contributed by atoms with E-state index in [1.54, 1.807) is 6.07 Å². The van der Waals surface area contributed by atoms with E-state index in [1.165, 1.54) is 49.2 Å². The van der Waals surface area contributed by atoms with Gasteiger partial charge in [0.25, 0.3) is 5.91 Å². The summed E-state index contributed by atoms with van der Waals surface area (Å²) in [6.45, 7) is 1.46. The average molecular weight is 574 g/mol. The normalized spacial score (nSPS) is 10.7. The summed E-state index contributed by atoms with van der Waals surface area (Å²) in [5, 5.41) is 17.4. The molecule has 1 aromatic carbocycles. The highest BCUT2D eigenvalue weighted by atomic mass is 35.5. The van der Waals surface area contributed by atoms with Crippen molar-refractivity contribution < 1.29 is 28.3 Å². The van der Waals surface area contributed by atoms with Gasteiger partial charge in [0.1, 0.15) is 12.4 Å². The maximum atomic E-state index is 13.1. The summed E-state index contributed by atoms with van der Waals surface area (Å²) in [5.41, 5.74) is 4.63. The van der Waals surface area contributed by atoms with Gasteiger partial charge in [-0.15, -0.1) is 10.2 Å². The van der Waals surface area contributed by atoms with E-state index in [4.69, 9.17) is 31.2 Å². The van der Waals surface area contributed by atoms with Crippen molar-refractivity contribution in [2.75, 3.05) is 31.0 Å². The zero-order valence-corrected chi connectivity index (χ0v) is 22.0. The van der Waals surface area contributed by atoms with Crippen LogP contribution in [0.25, 0.3) is 16.3 Å². The summed E-state index contributed by atoms with van der Waals surface area (Å²) in [7, 11) is 1.45. The second-order valence-corrected chi connectivity index (χ2v) is 9.03. The van der Waals surface area contributed by atoms with Gasteiger partial charge in [0.05, 0.1) is 12.8 Å². The number of rotatable bonds is 10. The topological polar surface area (TPSA) is 194 Å². The number of carbonyl (C=O) groups is 3. The van der Waals surface area contributed by atoms with Crippen LogP contribution >= 0.6 is 22.9 Å². The van der Waals surface area contributed by atoms with Crippen molar-refractivity contribution >= 4 is 51.6 Å². The number of nitrogens with one attached hydrogen (secondary N) is 2. The molecule has 0 atom stereocenters. The van der Waals surface area contributed by atoms with Crippen LogP contribution in [0.5, 0.6) is 5.75 Å². The number of benzene rings is 1. The summed E-state index contributed by atoms with van der Waals surface area (Å²) in [5.74, 6) is -2.35. The molecule has 3 amide bonds. The summed E-state index contributed by atoms with van der Waals surface area (Å²) in [4.78, 5) is 49.5. The number of methoxy groups -OCH3 is 1. The zero-order chi connectivity index (χ0) is 28.1. The van der Waals surface area contributed by atoms with Crippen LogP contribution in [-0.2, 0) is 9.53 Å². The molecule has 0 saturated heterocycles. The molecular weight excluding hydrogens is 554 g/mol. The fourth-order valence-corrected chi connectivity index (χ4v) is 4.38. The highest BCUT2D eigenvalue weighted by Crippen LogP contribution is 2.36. The first-order valence-electron chi connectivity index (χ1n) is 11.0. The Kier molecular flexibility index (Phi) is 8.33. The van der Waals surface area contributed by atoms with Crippen molar-refractivity contribution in [3.05, 3.63) is 63.3 Å². The Morgan fingerprint density at radius 2 is 1.97 bits per heavy atom. The predicted molar refractivity (Wildman–Crippen MR) is 141 cm³/mol. The molecule has 4 N–H and O–H groups in total. The van der Waals surface area contributed by atoms with E-state index in [0.717, 1.165) is 11.3 Å². The first kappa shape index (κ1) is 27.4. The fraction of sp³-hybridized carbons (Fsp3) is 0.174. The molecular formula is C23H20ClN7O7S. The molecule has 39 heavy (non-hydrogen) atoms. The number of halogens is 1. The SMILES string of the molecule is COCCOc1c(-c2c(Cl)cccc2C(N)=O)cc(C(=O)Nc2nnc(-n3nccc3NC(C)=O)s2)oc1=O. The number of carbonyl (C=O) groups excluding carboxylic acids is 3. The molecule has 3 aromatic heterocycles. The van der Waals surface area contributed by atoms with Crippen LogP contribution in [0.4, 0.5) is 10.9 Å². The van der Waals surface area contributed by atoms with Gasteiger partial charge in [-0.25, -0.2) is 4.79 Å². The number of ether oxygens (including phenoxy) is 2. The number of hydrogen-bond donors (Lipinski definition) is 3. The Hall–Kier alpha value is -4.60. The molecule has 4 aromatic rings. The smallest absolute Gasteiger partial charge is 0.379 e. The Labute approximate surface area is 228 Å². The summed E-state index contributed by atoms with van der Waals surface area (Å²) in [6.07, 6.45) is 1.45. The number of anilines is 2. The molecule has 0 fully saturated rings. The molecule has 3 heterocycles. The van der Waals surface area contributed by atoms with Gasteiger partial charge in [-0.1, -0.05) is 29.0 Å². The summed E-state index contributed by atoms with van der Waals surface area (Å²) >= 11 is 7.32. The van der Waals surface area contributed by atoms with Crippen molar-refractivity contribution in [3.63, 3.8) is 0 Å². The number of nitrogens with zero attached hydrogens (tertiary/aromatic N) is 4. The van der Waals surface area contributed by atoms with E-state index in [0.29, 0.717) is 5.82 Å². The molecule has 16 heteroatoms. The Bertz CT molecular complexity index is 1610. The lowest BCUT2D eigenvalue weighted by Gasteiger charge is -2.14. The van der Waals surface area contributed by atoms with Crippen molar-refractivity contribution in [1.82, 2.24) is 20.0 Å². The molecule has 202 valence electrons. The Balaban J connectivity index is 1.70. The minimum atomic E-state index is -1.00. The lowest BCUT2D eigenvalue weighted by molar-refractivity contribution is -0.114. The Morgan fingerprint density at radius 1 is 1.18 bits per heavy atom. The molecule has 0 aliphatic carbocycles. The maximum Gasteiger partial charge on any atom is 0.379 e. The van der Waals surface area contributed by atoms with E-state index in [9.17, 15) is 19.2 Å². The molecule has 4 rings (SSSR count). The van der Waals surface area contributed by atoms with E-state index < -0.39 is 23.2 Å². The second-order valence-electron chi connectivity index (χ2n) is 7.66. The number of aromatic nitrogens is 4. The van der Waals surface area contributed by atoms with Gasteiger partial charge >= 0.3 is 5.63 Å². The van der Waals surface area contributed by atoms with Crippen LogP contribution in [0.2, 0.25) is 5.02 Å². The minimum Gasteiger partial charge on any atom is -0.484 e. The van der Waals surface area contributed by atoms with Crippen LogP contribution in [0, 0.1) is 0 Å². The third-order valence-corrected chi connectivity index (χ3v) is 6.11. The van der Waals surface area contributed by atoms with Gasteiger partial charge in [-0.2, -0.15) is 9.78 Å². The number of amides is 3. The quantitative estimate of drug-likeness (QED) is 0.237. The number of hydrogen-bond acceptors (Lipinski definition) is 11. The predicted octanol–water partition coefficient (Wildman–Crippen LogP) is 2.33. The van der Waals surface area contributed by atoms with Crippen LogP contribution in [0.15, 0.2) is 45.7 Å². The molecule has 0 bridgehead atoms. The third-order valence-electron chi connectivity index (χ3n) is 4.98. The molecule has 14 nitrogen and oxygen atoms in total. The minimum absolute atomic E-state index is 0.000915. The average Bonchev–Trinajstić information content (AvgIpc) is 3.53. The van der Waals surface area contributed by atoms with E-state index in [1.807, 2.05) is 0 Å². The van der Waals surface area contributed by atoms with Crippen LogP contribution < -0.4 is 26.7 Å². The number of nitrogens with two attached hydrogens (primary N) is 1. The van der Waals surface area contributed by atoms with Gasteiger partial charge in [-0.05, 0) is 18.2 Å². The van der Waals surface area contributed by atoms with Crippen molar-refractivity contribution in [2.45, 2.75) is 6.92 Å². The largest absolute Gasteiger partial charge is 0.484 e. The van der Waals surface area contributed by atoms with Crippen LogP contribution in [-0.4, -0.2) is 58.0 Å². The van der Waals surface area contributed by atoms with Gasteiger partial charge in [0, 0.05) is 41.8 Å². The van der Waals surface area contributed by atoms with E-state index >= 15 is 0 Å². The summed E-state index contributed by atoms with van der Waals surface area (Å²) < 4.78 is 17.1. The monoisotopic (exact) mass is 573 g/mol. The van der Waals surface area contributed by atoms with Crippen LogP contribution in [0.1, 0.15) is 27.8 Å². The molecule has 0 radical (unpaired) electrons. The molecule has 0 aliphatic rings. The first-order chi connectivity index (χ1) is 18.7.